The monoisotopic (exact) mass is 288 g/mol. The molecule has 3 rings (SSSR count). The molecule has 1 fully saturated rings. The summed E-state index contributed by atoms with van der Waals surface area (Å²) in [6, 6.07) is 1.74. The molecule has 6 nitrogen and oxygen atoms in total. The normalized spacial score (nSPS) is 19.6. The van der Waals surface area contributed by atoms with Crippen LogP contribution in [0.5, 0.6) is 0 Å². The SMILES string of the molecule is O=C(OCC(O)C1CCOC1)c1cncc2cnccc12. The summed E-state index contributed by atoms with van der Waals surface area (Å²) in [7, 11) is 0. The number of nitrogens with zero attached hydrogens (tertiary/aromatic N) is 2. The summed E-state index contributed by atoms with van der Waals surface area (Å²) in [5.74, 6) is -0.454. The average molecular weight is 288 g/mol. The summed E-state index contributed by atoms with van der Waals surface area (Å²) in [6.45, 7) is 1.13. The molecule has 0 radical (unpaired) electrons. The van der Waals surface area contributed by atoms with Crippen LogP contribution in [0.4, 0.5) is 0 Å². The van der Waals surface area contributed by atoms with Gasteiger partial charge in [0.1, 0.15) is 6.61 Å². The third kappa shape index (κ3) is 3.01. The van der Waals surface area contributed by atoms with Crippen LogP contribution in [0.1, 0.15) is 16.8 Å². The van der Waals surface area contributed by atoms with Crippen LogP contribution in [-0.4, -0.2) is 47.0 Å². The van der Waals surface area contributed by atoms with Crippen molar-refractivity contribution in [2.75, 3.05) is 19.8 Å². The Labute approximate surface area is 121 Å². The summed E-state index contributed by atoms with van der Waals surface area (Å²) >= 11 is 0. The number of ether oxygens (including phenoxy) is 2. The lowest BCUT2D eigenvalue weighted by Gasteiger charge is -2.16. The fourth-order valence-corrected chi connectivity index (χ4v) is 2.41. The average Bonchev–Trinajstić information content (AvgIpc) is 3.06. The number of esters is 1. The molecular formula is C15H16N2O4. The second-order valence-corrected chi connectivity index (χ2v) is 5.07. The van der Waals surface area contributed by atoms with Crippen molar-refractivity contribution in [3.63, 3.8) is 0 Å². The smallest absolute Gasteiger partial charge is 0.340 e. The summed E-state index contributed by atoms with van der Waals surface area (Å²) < 4.78 is 10.4. The first-order valence-corrected chi connectivity index (χ1v) is 6.86. The van der Waals surface area contributed by atoms with E-state index < -0.39 is 12.1 Å². The maximum Gasteiger partial charge on any atom is 0.340 e. The van der Waals surface area contributed by atoms with E-state index in [1.807, 2.05) is 0 Å². The van der Waals surface area contributed by atoms with E-state index in [9.17, 15) is 9.90 Å². The number of rotatable bonds is 4. The number of fused-ring (bicyclic) bond motifs is 1. The molecule has 0 aliphatic carbocycles. The summed E-state index contributed by atoms with van der Waals surface area (Å²) in [5.41, 5.74) is 0.379. The molecule has 1 aliphatic heterocycles. The van der Waals surface area contributed by atoms with Crippen LogP contribution in [0.15, 0.2) is 30.9 Å². The fourth-order valence-electron chi connectivity index (χ4n) is 2.41. The fraction of sp³-hybridized carbons (Fsp3) is 0.400. The number of carbonyl (C=O) groups excluding carboxylic acids is 1. The number of pyridine rings is 2. The van der Waals surface area contributed by atoms with Gasteiger partial charge in [-0.25, -0.2) is 4.79 Å². The number of aliphatic hydroxyl groups is 1. The van der Waals surface area contributed by atoms with Gasteiger partial charge in [-0.3, -0.25) is 9.97 Å². The Balaban J connectivity index is 1.69. The largest absolute Gasteiger partial charge is 0.459 e. The number of aliphatic hydroxyl groups excluding tert-OH is 1. The lowest BCUT2D eigenvalue weighted by atomic mass is 10.0. The van der Waals surface area contributed by atoms with Gasteiger partial charge in [-0.05, 0) is 12.5 Å². The van der Waals surface area contributed by atoms with Gasteiger partial charge in [0.05, 0.1) is 18.3 Å². The Hall–Kier alpha value is -2.05. The lowest BCUT2D eigenvalue weighted by Crippen LogP contribution is -2.27. The van der Waals surface area contributed by atoms with Gasteiger partial charge >= 0.3 is 5.97 Å². The first kappa shape index (κ1) is 13.9. The van der Waals surface area contributed by atoms with Gasteiger partial charge in [-0.2, -0.15) is 0 Å². The zero-order valence-electron chi connectivity index (χ0n) is 11.4. The van der Waals surface area contributed by atoms with Crippen LogP contribution in [-0.2, 0) is 9.47 Å². The number of aromatic nitrogens is 2. The molecule has 2 aromatic heterocycles. The van der Waals surface area contributed by atoms with Crippen LogP contribution >= 0.6 is 0 Å². The van der Waals surface area contributed by atoms with E-state index in [1.54, 1.807) is 24.7 Å². The Morgan fingerprint density at radius 3 is 3.10 bits per heavy atom. The lowest BCUT2D eigenvalue weighted by molar-refractivity contribution is 0.00652. The molecule has 21 heavy (non-hydrogen) atoms. The molecule has 0 spiro atoms. The first-order chi connectivity index (χ1) is 10.3. The standard InChI is InChI=1S/C15H16N2O4/c18-14(10-2-4-20-8-10)9-21-15(19)13-7-17-6-11-5-16-3-1-12(11)13/h1,3,5-7,10,14,18H,2,4,8-9H2. The minimum atomic E-state index is -0.693. The Bertz CT molecular complexity index is 635. The summed E-state index contributed by atoms with van der Waals surface area (Å²) in [4.78, 5) is 20.2. The summed E-state index contributed by atoms with van der Waals surface area (Å²) in [6.07, 6.45) is 6.47. The molecule has 6 heteroatoms. The Morgan fingerprint density at radius 2 is 2.29 bits per heavy atom. The van der Waals surface area contributed by atoms with Crippen molar-refractivity contribution in [2.24, 2.45) is 5.92 Å². The van der Waals surface area contributed by atoms with Crippen LogP contribution in [0.2, 0.25) is 0 Å². The molecule has 1 saturated heterocycles. The van der Waals surface area contributed by atoms with Crippen molar-refractivity contribution < 1.29 is 19.4 Å². The van der Waals surface area contributed by atoms with E-state index in [1.165, 1.54) is 6.20 Å². The quantitative estimate of drug-likeness (QED) is 0.851. The van der Waals surface area contributed by atoms with Gasteiger partial charge in [-0.15, -0.1) is 0 Å². The molecule has 110 valence electrons. The topological polar surface area (TPSA) is 81.5 Å². The highest BCUT2D eigenvalue weighted by Gasteiger charge is 2.25. The van der Waals surface area contributed by atoms with Crippen molar-refractivity contribution in [1.29, 1.82) is 0 Å². The second-order valence-electron chi connectivity index (χ2n) is 5.07. The van der Waals surface area contributed by atoms with E-state index in [-0.39, 0.29) is 12.5 Å². The van der Waals surface area contributed by atoms with Crippen molar-refractivity contribution in [2.45, 2.75) is 12.5 Å². The van der Waals surface area contributed by atoms with Crippen molar-refractivity contribution in [3.8, 4) is 0 Å². The van der Waals surface area contributed by atoms with Gasteiger partial charge in [-0.1, -0.05) is 0 Å². The first-order valence-electron chi connectivity index (χ1n) is 6.86. The molecule has 2 unspecified atom stereocenters. The van der Waals surface area contributed by atoms with Crippen LogP contribution in [0.25, 0.3) is 10.8 Å². The maximum atomic E-state index is 12.2. The third-order valence-electron chi connectivity index (χ3n) is 3.67. The second kappa shape index (κ2) is 6.15. The minimum absolute atomic E-state index is 0.0334. The van der Waals surface area contributed by atoms with Crippen LogP contribution in [0, 0.1) is 5.92 Å². The molecular weight excluding hydrogens is 272 g/mol. The van der Waals surface area contributed by atoms with E-state index in [0.29, 0.717) is 18.8 Å². The molecule has 0 aromatic carbocycles. The highest BCUT2D eigenvalue weighted by Crippen LogP contribution is 2.19. The molecule has 1 N–H and O–H groups in total. The Morgan fingerprint density at radius 1 is 1.43 bits per heavy atom. The molecule has 2 atom stereocenters. The number of hydrogen-bond donors (Lipinski definition) is 1. The highest BCUT2D eigenvalue weighted by atomic mass is 16.5. The van der Waals surface area contributed by atoms with Crippen molar-refractivity contribution in [1.82, 2.24) is 9.97 Å². The van der Waals surface area contributed by atoms with Crippen molar-refractivity contribution in [3.05, 3.63) is 36.4 Å². The molecule has 0 amide bonds. The van der Waals surface area contributed by atoms with Crippen LogP contribution in [0.3, 0.4) is 0 Å². The maximum absolute atomic E-state index is 12.2. The number of carbonyl (C=O) groups is 1. The predicted molar refractivity (Wildman–Crippen MR) is 74.8 cm³/mol. The predicted octanol–water partition coefficient (Wildman–Crippen LogP) is 1.18. The molecule has 1 aliphatic rings. The zero-order chi connectivity index (χ0) is 14.7. The van der Waals surface area contributed by atoms with Crippen LogP contribution < -0.4 is 0 Å². The third-order valence-corrected chi connectivity index (χ3v) is 3.67. The van der Waals surface area contributed by atoms with E-state index in [0.717, 1.165) is 17.2 Å². The Kier molecular flexibility index (Phi) is 4.08. The zero-order valence-corrected chi connectivity index (χ0v) is 11.4. The van der Waals surface area contributed by atoms with Crippen molar-refractivity contribution >= 4 is 16.7 Å². The molecule has 0 saturated carbocycles. The van der Waals surface area contributed by atoms with Gasteiger partial charge in [0.25, 0.3) is 0 Å². The molecule has 3 heterocycles. The van der Waals surface area contributed by atoms with E-state index in [4.69, 9.17) is 9.47 Å². The van der Waals surface area contributed by atoms with Gasteiger partial charge in [0.15, 0.2) is 0 Å². The highest BCUT2D eigenvalue weighted by molar-refractivity contribution is 6.03. The van der Waals surface area contributed by atoms with Gasteiger partial charge in [0.2, 0.25) is 0 Å². The minimum Gasteiger partial charge on any atom is -0.459 e. The van der Waals surface area contributed by atoms with Gasteiger partial charge < -0.3 is 14.6 Å². The summed E-state index contributed by atoms with van der Waals surface area (Å²) in [5, 5.41) is 11.5. The molecule has 0 bridgehead atoms. The van der Waals surface area contributed by atoms with E-state index >= 15 is 0 Å². The molecule has 2 aromatic rings. The number of hydrogen-bond acceptors (Lipinski definition) is 6. The van der Waals surface area contributed by atoms with Gasteiger partial charge in [0, 0.05) is 48.1 Å². The van der Waals surface area contributed by atoms with E-state index in [2.05, 4.69) is 9.97 Å².